The van der Waals surface area contributed by atoms with Crippen LogP contribution in [0.1, 0.15) is 31.1 Å². The highest BCUT2D eigenvalue weighted by molar-refractivity contribution is 7.91. The van der Waals surface area contributed by atoms with E-state index in [1.165, 1.54) is 25.1 Å². The van der Waals surface area contributed by atoms with Crippen molar-refractivity contribution >= 4 is 33.0 Å². The van der Waals surface area contributed by atoms with Crippen molar-refractivity contribution in [3.8, 4) is 0 Å². The zero-order valence-corrected chi connectivity index (χ0v) is 16.9. The number of nitro groups is 1. The van der Waals surface area contributed by atoms with E-state index in [4.69, 9.17) is 4.74 Å². The number of sulfone groups is 1. The molecule has 10 heteroatoms. The maximum absolute atomic E-state index is 12.8. The number of anilines is 1. The van der Waals surface area contributed by atoms with E-state index in [0.717, 1.165) is 24.3 Å². The van der Waals surface area contributed by atoms with Crippen LogP contribution in [0.25, 0.3) is 0 Å². The Morgan fingerprint density at radius 3 is 2.24 bits per heavy atom. The molecule has 0 heterocycles. The second kappa shape index (κ2) is 8.82. The van der Waals surface area contributed by atoms with E-state index in [9.17, 15) is 28.1 Å². The first-order valence-corrected chi connectivity index (χ1v) is 10.1. The molecule has 29 heavy (non-hydrogen) atoms. The normalized spacial score (nSPS) is 12.1. The first kappa shape index (κ1) is 22.0. The van der Waals surface area contributed by atoms with Crippen LogP contribution in [0.4, 0.5) is 11.4 Å². The Kier molecular flexibility index (Phi) is 6.70. The number of esters is 1. The summed E-state index contributed by atoms with van der Waals surface area (Å²) in [4.78, 5) is 33.7. The summed E-state index contributed by atoms with van der Waals surface area (Å²) in [7, 11) is -4.00. The van der Waals surface area contributed by atoms with Crippen molar-refractivity contribution in [2.24, 2.45) is 0 Å². The van der Waals surface area contributed by atoms with E-state index in [0.29, 0.717) is 5.69 Å². The molecule has 2 rings (SSSR count). The Bertz CT molecular complexity index is 1050. The molecule has 0 aliphatic heterocycles. The molecule has 0 bridgehead atoms. The number of benzene rings is 2. The Morgan fingerprint density at radius 1 is 1.14 bits per heavy atom. The minimum absolute atomic E-state index is 0.0872. The van der Waals surface area contributed by atoms with Crippen molar-refractivity contribution in [1.29, 1.82) is 0 Å². The molecule has 0 aromatic heterocycles. The fourth-order valence-corrected chi connectivity index (χ4v) is 3.84. The van der Waals surface area contributed by atoms with Gasteiger partial charge in [0.05, 0.1) is 21.3 Å². The number of nitro benzene ring substituents is 1. The topological polar surface area (TPSA) is 133 Å². The van der Waals surface area contributed by atoms with Crippen LogP contribution >= 0.6 is 0 Å². The number of nitrogens with one attached hydrogen (secondary N) is 1. The SMILES string of the molecule is CCOC(=O)C(C)Nc1ccc(S(=O)(=O)c2ccc([N+](=O)[O-])cc2)cc1C(C)=O. The Hall–Kier alpha value is -3.27. The van der Waals surface area contributed by atoms with Crippen LogP contribution in [0.3, 0.4) is 0 Å². The van der Waals surface area contributed by atoms with Gasteiger partial charge in [0.15, 0.2) is 5.78 Å². The molecule has 0 saturated carbocycles. The summed E-state index contributed by atoms with van der Waals surface area (Å²) in [6, 6.07) is 7.61. The van der Waals surface area contributed by atoms with Crippen molar-refractivity contribution in [1.82, 2.24) is 0 Å². The highest BCUT2D eigenvalue weighted by atomic mass is 32.2. The van der Waals surface area contributed by atoms with Gasteiger partial charge in [-0.3, -0.25) is 14.9 Å². The zero-order chi connectivity index (χ0) is 21.8. The van der Waals surface area contributed by atoms with E-state index < -0.39 is 32.6 Å². The number of ether oxygens (including phenoxy) is 1. The summed E-state index contributed by atoms with van der Waals surface area (Å²) in [5, 5.41) is 13.6. The van der Waals surface area contributed by atoms with Crippen LogP contribution in [-0.4, -0.2) is 37.7 Å². The van der Waals surface area contributed by atoms with Crippen molar-refractivity contribution in [2.75, 3.05) is 11.9 Å². The molecule has 9 nitrogen and oxygen atoms in total. The van der Waals surface area contributed by atoms with Gasteiger partial charge < -0.3 is 10.1 Å². The van der Waals surface area contributed by atoms with Crippen LogP contribution in [0, 0.1) is 10.1 Å². The van der Waals surface area contributed by atoms with Crippen molar-refractivity contribution in [2.45, 2.75) is 36.6 Å². The van der Waals surface area contributed by atoms with E-state index in [-0.39, 0.29) is 27.6 Å². The first-order valence-electron chi connectivity index (χ1n) is 8.65. The molecule has 1 unspecified atom stereocenters. The predicted molar refractivity (Wildman–Crippen MR) is 105 cm³/mol. The Labute approximate surface area is 167 Å². The lowest BCUT2D eigenvalue weighted by atomic mass is 10.1. The second-order valence-electron chi connectivity index (χ2n) is 6.14. The number of hydrogen-bond acceptors (Lipinski definition) is 8. The summed E-state index contributed by atoms with van der Waals surface area (Å²) < 4.78 is 30.6. The number of non-ortho nitro benzene ring substituents is 1. The number of carbonyl (C=O) groups is 2. The number of hydrogen-bond donors (Lipinski definition) is 1. The van der Waals surface area contributed by atoms with E-state index in [1.807, 2.05) is 0 Å². The third kappa shape index (κ3) is 4.96. The van der Waals surface area contributed by atoms with Gasteiger partial charge >= 0.3 is 5.97 Å². The molecule has 1 N–H and O–H groups in total. The summed E-state index contributed by atoms with van der Waals surface area (Å²) in [5.41, 5.74) is 0.144. The maximum atomic E-state index is 12.8. The van der Waals surface area contributed by atoms with Gasteiger partial charge in [0.25, 0.3) is 5.69 Å². The smallest absolute Gasteiger partial charge is 0.328 e. The molecule has 0 amide bonds. The van der Waals surface area contributed by atoms with Crippen molar-refractivity contribution in [3.05, 3.63) is 58.1 Å². The van der Waals surface area contributed by atoms with Gasteiger partial charge in [0.1, 0.15) is 6.04 Å². The molecule has 0 spiro atoms. The largest absolute Gasteiger partial charge is 0.464 e. The van der Waals surface area contributed by atoms with E-state index in [1.54, 1.807) is 13.8 Å². The van der Waals surface area contributed by atoms with Gasteiger partial charge in [0.2, 0.25) is 9.84 Å². The summed E-state index contributed by atoms with van der Waals surface area (Å²) >= 11 is 0. The Balaban J connectivity index is 2.41. The van der Waals surface area contributed by atoms with Gasteiger partial charge in [-0.25, -0.2) is 13.2 Å². The fourth-order valence-electron chi connectivity index (χ4n) is 2.55. The van der Waals surface area contributed by atoms with Crippen LogP contribution in [0.5, 0.6) is 0 Å². The number of carbonyl (C=O) groups excluding carboxylic acids is 2. The Morgan fingerprint density at radius 2 is 1.72 bits per heavy atom. The maximum Gasteiger partial charge on any atom is 0.328 e. The molecule has 0 saturated heterocycles. The predicted octanol–water partition coefficient (Wildman–Crippen LogP) is 2.99. The molecule has 0 aliphatic rings. The van der Waals surface area contributed by atoms with Gasteiger partial charge in [-0.05, 0) is 51.1 Å². The molecule has 0 radical (unpaired) electrons. The van der Waals surface area contributed by atoms with Crippen LogP contribution in [-0.2, 0) is 19.4 Å². The van der Waals surface area contributed by atoms with Gasteiger partial charge in [-0.15, -0.1) is 0 Å². The molecule has 2 aromatic rings. The molecule has 154 valence electrons. The molecule has 1 atom stereocenters. The third-order valence-corrected chi connectivity index (χ3v) is 5.82. The number of Topliss-reactive ketones (excluding diaryl/α,β-unsaturated/α-hetero) is 1. The highest BCUT2D eigenvalue weighted by Crippen LogP contribution is 2.27. The van der Waals surface area contributed by atoms with Crippen LogP contribution in [0.15, 0.2) is 52.3 Å². The standard InChI is InChI=1S/C19H20N2O7S/c1-4-28-19(23)12(2)20-18-10-9-16(11-17(18)13(3)22)29(26,27)15-7-5-14(6-8-15)21(24)25/h5-12,20H,4H2,1-3H3. The molecule has 0 aliphatic carbocycles. The van der Waals surface area contributed by atoms with Crippen molar-refractivity contribution in [3.63, 3.8) is 0 Å². The van der Waals surface area contributed by atoms with E-state index in [2.05, 4.69) is 5.32 Å². The van der Waals surface area contributed by atoms with Crippen LogP contribution < -0.4 is 5.32 Å². The number of nitrogens with zero attached hydrogens (tertiary/aromatic N) is 1. The average molecular weight is 420 g/mol. The molecule has 2 aromatic carbocycles. The first-order chi connectivity index (χ1) is 13.6. The third-order valence-electron chi connectivity index (χ3n) is 4.05. The monoisotopic (exact) mass is 420 g/mol. The fraction of sp³-hybridized carbons (Fsp3) is 0.263. The molecular weight excluding hydrogens is 400 g/mol. The summed E-state index contributed by atoms with van der Waals surface area (Å²) in [6.07, 6.45) is 0. The lowest BCUT2D eigenvalue weighted by Crippen LogP contribution is -2.28. The van der Waals surface area contributed by atoms with E-state index >= 15 is 0 Å². The summed E-state index contributed by atoms with van der Waals surface area (Å²) in [6.45, 7) is 4.71. The van der Waals surface area contributed by atoms with Gasteiger partial charge in [-0.2, -0.15) is 0 Å². The number of rotatable bonds is 8. The number of ketones is 1. The zero-order valence-electron chi connectivity index (χ0n) is 16.0. The second-order valence-corrected chi connectivity index (χ2v) is 8.09. The lowest BCUT2D eigenvalue weighted by molar-refractivity contribution is -0.384. The average Bonchev–Trinajstić information content (AvgIpc) is 2.68. The lowest BCUT2D eigenvalue weighted by Gasteiger charge is -2.17. The summed E-state index contributed by atoms with van der Waals surface area (Å²) in [5.74, 6) is -0.908. The van der Waals surface area contributed by atoms with Crippen molar-refractivity contribution < 1.29 is 27.7 Å². The van der Waals surface area contributed by atoms with Crippen LogP contribution in [0.2, 0.25) is 0 Å². The highest BCUT2D eigenvalue weighted by Gasteiger charge is 2.23. The van der Waals surface area contributed by atoms with Gasteiger partial charge in [0, 0.05) is 23.4 Å². The molecule has 0 fully saturated rings. The minimum atomic E-state index is -4.00. The quantitative estimate of drug-likeness (QED) is 0.298. The molecular formula is C19H20N2O7S. The minimum Gasteiger partial charge on any atom is -0.464 e. The van der Waals surface area contributed by atoms with Gasteiger partial charge in [-0.1, -0.05) is 0 Å².